The Kier molecular flexibility index (Phi) is 12.6. The quantitative estimate of drug-likeness (QED) is 0.545. The van der Waals surface area contributed by atoms with Crippen molar-refractivity contribution in [3.8, 4) is 0 Å². The molecule has 1 rings (SSSR count). The van der Waals surface area contributed by atoms with E-state index in [1.807, 2.05) is 13.8 Å². The molecule has 1 aliphatic heterocycles. The van der Waals surface area contributed by atoms with E-state index < -0.39 is 0 Å². The molecule has 0 aromatic rings. The minimum absolute atomic E-state index is 0.0778. The second kappa shape index (κ2) is 13.0. The van der Waals surface area contributed by atoms with Crippen LogP contribution >= 0.6 is 24.0 Å². The van der Waals surface area contributed by atoms with Crippen LogP contribution < -0.4 is 5.32 Å². The number of carbonyl (C=O) groups is 2. The molecule has 0 saturated carbocycles. The molecule has 0 atom stereocenters. The number of hydrogen-bond donors (Lipinski definition) is 1. The lowest BCUT2D eigenvalue weighted by atomic mass is 10.2. The summed E-state index contributed by atoms with van der Waals surface area (Å²) in [7, 11) is 0. The van der Waals surface area contributed by atoms with Gasteiger partial charge in [-0.1, -0.05) is 57.6 Å². The Morgan fingerprint density at radius 2 is 2.05 bits per heavy atom. The lowest BCUT2D eigenvalue weighted by Crippen LogP contribution is -2.35. The van der Waals surface area contributed by atoms with E-state index in [1.54, 1.807) is 0 Å². The average Bonchev–Trinajstić information content (AvgIpc) is 2.92. The molecule has 0 radical (unpaired) electrons. The molecule has 5 nitrogen and oxygen atoms in total. The van der Waals surface area contributed by atoms with Crippen molar-refractivity contribution in [2.24, 2.45) is 0 Å². The first-order valence-electron chi connectivity index (χ1n) is 7.46. The second-order valence-electron chi connectivity index (χ2n) is 4.21. The van der Waals surface area contributed by atoms with E-state index in [2.05, 4.69) is 12.2 Å². The van der Waals surface area contributed by atoms with Gasteiger partial charge in [-0.05, 0) is 6.42 Å². The van der Waals surface area contributed by atoms with Gasteiger partial charge >= 0.3 is 0 Å². The highest BCUT2D eigenvalue weighted by Gasteiger charge is 2.23. The van der Waals surface area contributed by atoms with E-state index in [1.165, 1.54) is 16.7 Å². The van der Waals surface area contributed by atoms with Crippen LogP contribution in [0.3, 0.4) is 0 Å². The van der Waals surface area contributed by atoms with Crippen molar-refractivity contribution in [2.75, 3.05) is 32.1 Å². The van der Waals surface area contributed by atoms with Crippen LogP contribution in [0.2, 0.25) is 0 Å². The van der Waals surface area contributed by atoms with Crippen LogP contribution in [0.15, 0.2) is 0 Å². The first-order valence-corrected chi connectivity index (χ1v) is 8.86. The predicted molar refractivity (Wildman–Crippen MR) is 91.5 cm³/mol. The molecule has 1 aliphatic rings. The van der Waals surface area contributed by atoms with Gasteiger partial charge in [-0.3, -0.25) is 14.5 Å². The number of carbonyl (C=O) groups excluding carboxylic acids is 2. The van der Waals surface area contributed by atoms with Gasteiger partial charge in [0.1, 0.15) is 17.5 Å². The van der Waals surface area contributed by atoms with E-state index in [9.17, 15) is 9.59 Å². The molecule has 7 heteroatoms. The molecule has 0 aromatic carbocycles. The third-order valence-corrected chi connectivity index (χ3v) is 4.05. The number of unbranched alkanes of at least 4 members (excludes halogenated alkanes) is 2. The minimum atomic E-state index is -0.178. The summed E-state index contributed by atoms with van der Waals surface area (Å²) in [5, 5.41) is 2.75. The highest BCUT2D eigenvalue weighted by molar-refractivity contribution is 8.23. The molecular weight excluding hydrogens is 308 g/mol. The van der Waals surface area contributed by atoms with Gasteiger partial charge in [0.25, 0.3) is 5.91 Å². The molecule has 21 heavy (non-hydrogen) atoms. The summed E-state index contributed by atoms with van der Waals surface area (Å²) in [4.78, 5) is 24.6. The number of rotatable bonds is 8. The van der Waals surface area contributed by atoms with Gasteiger partial charge in [0.2, 0.25) is 5.91 Å². The van der Waals surface area contributed by atoms with Crippen molar-refractivity contribution in [3.05, 3.63) is 0 Å². The number of ether oxygens (including phenoxy) is 1. The van der Waals surface area contributed by atoms with Gasteiger partial charge < -0.3 is 10.1 Å². The summed E-state index contributed by atoms with van der Waals surface area (Å²) in [6.07, 6.45) is 3.19. The fraction of sp³-hybridized carbons (Fsp3) is 0.786. The van der Waals surface area contributed by atoms with Crippen molar-refractivity contribution in [1.29, 1.82) is 0 Å². The third-order valence-electron chi connectivity index (χ3n) is 2.62. The zero-order valence-electron chi connectivity index (χ0n) is 13.1. The van der Waals surface area contributed by atoms with Gasteiger partial charge in [0.15, 0.2) is 0 Å². The molecule has 0 unspecified atom stereocenters. The first-order chi connectivity index (χ1) is 10.1. The maximum Gasteiger partial charge on any atom is 0.254 e. The van der Waals surface area contributed by atoms with Gasteiger partial charge in [-0.25, -0.2) is 0 Å². The molecule has 2 amide bonds. The molecule has 0 spiro atoms. The van der Waals surface area contributed by atoms with Crippen LogP contribution in [0, 0.1) is 0 Å². The Hall–Kier alpha value is -0.660. The topological polar surface area (TPSA) is 58.6 Å². The Balaban J connectivity index is 0.00000191. The molecule has 1 heterocycles. The van der Waals surface area contributed by atoms with E-state index in [0.717, 1.165) is 25.0 Å². The zero-order chi connectivity index (χ0) is 16.1. The minimum Gasteiger partial charge on any atom is -0.362 e. The van der Waals surface area contributed by atoms with Crippen molar-refractivity contribution in [2.45, 2.75) is 40.0 Å². The summed E-state index contributed by atoms with van der Waals surface area (Å²) >= 11 is 6.52. The highest BCUT2D eigenvalue weighted by atomic mass is 32.2. The Morgan fingerprint density at radius 1 is 1.33 bits per heavy atom. The Bertz CT molecular complexity index is 338. The number of hydrogen-bond acceptors (Lipinski definition) is 5. The Labute approximate surface area is 137 Å². The zero-order valence-corrected chi connectivity index (χ0v) is 14.8. The fourth-order valence-corrected chi connectivity index (χ4v) is 2.82. The lowest BCUT2D eigenvalue weighted by molar-refractivity contribution is -0.134. The smallest absolute Gasteiger partial charge is 0.254 e. The molecule has 0 aromatic heterocycles. The van der Waals surface area contributed by atoms with Gasteiger partial charge in [-0.2, -0.15) is 0 Å². The van der Waals surface area contributed by atoms with Gasteiger partial charge in [0.05, 0.1) is 0 Å². The summed E-state index contributed by atoms with van der Waals surface area (Å²) in [6, 6.07) is 0. The third kappa shape index (κ3) is 9.06. The summed E-state index contributed by atoms with van der Waals surface area (Å²) in [6.45, 7) is 7.23. The molecular formula is C14H26N2O3S2. The number of nitrogens with zero attached hydrogens (tertiary/aromatic N) is 1. The summed E-state index contributed by atoms with van der Waals surface area (Å²) in [5.41, 5.74) is 0. The average molecular weight is 335 g/mol. The van der Waals surface area contributed by atoms with Crippen LogP contribution in [-0.4, -0.2) is 53.1 Å². The van der Waals surface area contributed by atoms with Crippen molar-refractivity contribution in [3.63, 3.8) is 0 Å². The molecule has 0 aliphatic carbocycles. The number of amides is 2. The van der Waals surface area contributed by atoms with Crippen LogP contribution in [0.4, 0.5) is 0 Å². The van der Waals surface area contributed by atoms with Crippen LogP contribution in [0.5, 0.6) is 0 Å². The number of thioether (sulfide) groups is 1. The first kappa shape index (κ1) is 20.3. The summed E-state index contributed by atoms with van der Waals surface area (Å²) in [5.74, 6) is 0.485. The molecule has 1 fully saturated rings. The standard InChI is InChI=1S/C12H20N2O3S2.C2H6/c1-2-3-4-5-13-10(15)8-17-9-11(16)14-6-7-19-12(14)18;1-2/h2-9H2,1H3,(H,13,15);1-2H3. The van der Waals surface area contributed by atoms with Gasteiger partial charge in [-0.15, -0.1) is 0 Å². The van der Waals surface area contributed by atoms with E-state index >= 15 is 0 Å². The van der Waals surface area contributed by atoms with Gasteiger partial charge in [0, 0.05) is 18.8 Å². The number of thiocarbonyl (C=S) groups is 1. The van der Waals surface area contributed by atoms with Crippen molar-refractivity contribution < 1.29 is 14.3 Å². The second-order valence-corrected chi connectivity index (χ2v) is 5.94. The predicted octanol–water partition coefficient (Wildman–Crippen LogP) is 2.20. The molecule has 1 saturated heterocycles. The maximum absolute atomic E-state index is 11.7. The highest BCUT2D eigenvalue weighted by Crippen LogP contribution is 2.17. The van der Waals surface area contributed by atoms with Crippen molar-refractivity contribution in [1.82, 2.24) is 10.2 Å². The summed E-state index contributed by atoms with van der Waals surface area (Å²) < 4.78 is 5.70. The van der Waals surface area contributed by atoms with E-state index in [-0.39, 0.29) is 25.0 Å². The largest absolute Gasteiger partial charge is 0.362 e. The SMILES string of the molecule is CC.CCCCCNC(=O)COCC(=O)N1CCSC1=S. The Morgan fingerprint density at radius 3 is 2.62 bits per heavy atom. The normalized spacial score (nSPS) is 13.7. The lowest BCUT2D eigenvalue weighted by Gasteiger charge is -2.14. The fourth-order valence-electron chi connectivity index (χ4n) is 1.58. The molecule has 0 bridgehead atoms. The van der Waals surface area contributed by atoms with Crippen molar-refractivity contribution >= 4 is 40.1 Å². The number of nitrogens with one attached hydrogen (secondary N) is 1. The molecule has 122 valence electrons. The van der Waals surface area contributed by atoms with Crippen LogP contribution in [-0.2, 0) is 14.3 Å². The van der Waals surface area contributed by atoms with E-state index in [4.69, 9.17) is 17.0 Å². The van der Waals surface area contributed by atoms with E-state index in [0.29, 0.717) is 17.4 Å². The molecule has 1 N–H and O–H groups in total. The van der Waals surface area contributed by atoms with Crippen LogP contribution in [0.1, 0.15) is 40.0 Å². The monoisotopic (exact) mass is 334 g/mol. The maximum atomic E-state index is 11.7. The van der Waals surface area contributed by atoms with Crippen LogP contribution in [0.25, 0.3) is 0 Å².